The van der Waals surface area contributed by atoms with E-state index >= 15 is 0 Å². The van der Waals surface area contributed by atoms with E-state index in [1.54, 1.807) is 12.9 Å². The Kier molecular flexibility index (Phi) is 3.85. The Balaban J connectivity index is 2.38. The average Bonchev–Trinajstić information content (AvgIpc) is 3.06. The molecule has 1 aliphatic rings. The van der Waals surface area contributed by atoms with E-state index < -0.39 is 5.41 Å². The molecule has 1 rings (SSSR count). The lowest BCUT2D eigenvalue weighted by Crippen LogP contribution is -2.34. The molecule has 0 aromatic carbocycles. The summed E-state index contributed by atoms with van der Waals surface area (Å²) in [5.41, 5.74) is -0.177. The van der Waals surface area contributed by atoms with Crippen molar-refractivity contribution in [3.05, 3.63) is 5.57 Å². The van der Waals surface area contributed by atoms with Crippen LogP contribution in [0.3, 0.4) is 0 Å². The molecule has 0 aromatic rings. The number of hydrogen-bond donors (Lipinski definition) is 1. The highest BCUT2D eigenvalue weighted by molar-refractivity contribution is 5.83. The minimum Gasteiger partial charge on any atom is -0.469 e. The van der Waals surface area contributed by atoms with Gasteiger partial charge in [-0.15, -0.1) is 0 Å². The Morgan fingerprint density at radius 2 is 2.06 bits per heavy atom. The second-order valence-electron chi connectivity index (χ2n) is 4.11. The SMILES string of the molecule is COC(=O)C1(CNC(=O)CC(C)=C=O)CC1. The van der Waals surface area contributed by atoms with Gasteiger partial charge in [-0.2, -0.15) is 0 Å². The van der Waals surface area contributed by atoms with Crippen molar-refractivity contribution in [1.29, 1.82) is 0 Å². The van der Waals surface area contributed by atoms with Crippen molar-refractivity contribution in [1.82, 2.24) is 5.32 Å². The van der Waals surface area contributed by atoms with Crippen LogP contribution in [-0.2, 0) is 19.1 Å². The van der Waals surface area contributed by atoms with E-state index in [1.807, 2.05) is 0 Å². The highest BCUT2D eigenvalue weighted by Gasteiger charge is 2.51. The predicted octanol–water partition coefficient (Wildman–Crippen LogP) is 0.224. The number of rotatable bonds is 5. The normalized spacial score (nSPS) is 15.9. The van der Waals surface area contributed by atoms with Crippen molar-refractivity contribution >= 4 is 17.8 Å². The number of ether oxygens (including phenoxy) is 1. The van der Waals surface area contributed by atoms with E-state index in [0.29, 0.717) is 5.57 Å². The lowest BCUT2D eigenvalue weighted by atomic mass is 10.1. The first kappa shape index (κ1) is 12.5. The van der Waals surface area contributed by atoms with Crippen LogP contribution in [0.1, 0.15) is 26.2 Å². The molecule has 16 heavy (non-hydrogen) atoms. The molecule has 0 unspecified atom stereocenters. The van der Waals surface area contributed by atoms with Crippen molar-refractivity contribution in [3.63, 3.8) is 0 Å². The lowest BCUT2D eigenvalue weighted by molar-refractivity contribution is -0.147. The monoisotopic (exact) mass is 225 g/mol. The molecule has 0 spiro atoms. The molecule has 0 saturated heterocycles. The van der Waals surface area contributed by atoms with Crippen molar-refractivity contribution < 1.29 is 19.1 Å². The molecular weight excluding hydrogens is 210 g/mol. The summed E-state index contributed by atoms with van der Waals surface area (Å²) < 4.78 is 4.65. The topological polar surface area (TPSA) is 72.5 Å². The van der Waals surface area contributed by atoms with Crippen LogP contribution in [0.4, 0.5) is 0 Å². The van der Waals surface area contributed by atoms with E-state index in [2.05, 4.69) is 10.1 Å². The molecule has 0 aliphatic heterocycles. The average molecular weight is 225 g/mol. The van der Waals surface area contributed by atoms with Gasteiger partial charge in [-0.05, 0) is 19.8 Å². The Bertz CT molecular complexity index is 351. The zero-order valence-electron chi connectivity index (χ0n) is 9.46. The maximum Gasteiger partial charge on any atom is 0.313 e. The third-order valence-electron chi connectivity index (χ3n) is 2.70. The third-order valence-corrected chi connectivity index (χ3v) is 2.70. The van der Waals surface area contributed by atoms with Gasteiger partial charge >= 0.3 is 5.97 Å². The van der Waals surface area contributed by atoms with Crippen LogP contribution in [0.25, 0.3) is 0 Å². The molecule has 0 bridgehead atoms. The fraction of sp³-hybridized carbons (Fsp3) is 0.636. The smallest absolute Gasteiger partial charge is 0.313 e. The van der Waals surface area contributed by atoms with Crippen LogP contribution in [0.5, 0.6) is 0 Å². The van der Waals surface area contributed by atoms with E-state index in [9.17, 15) is 14.4 Å². The summed E-state index contributed by atoms with van der Waals surface area (Å²) in [5.74, 6) is 1.11. The second kappa shape index (κ2) is 4.94. The van der Waals surface area contributed by atoms with E-state index in [4.69, 9.17) is 0 Å². The number of carbonyl (C=O) groups is 2. The second-order valence-corrected chi connectivity index (χ2v) is 4.11. The molecule has 1 saturated carbocycles. The van der Waals surface area contributed by atoms with Crippen molar-refractivity contribution in [2.45, 2.75) is 26.2 Å². The fourth-order valence-electron chi connectivity index (χ4n) is 1.43. The summed E-state index contributed by atoms with van der Waals surface area (Å²) in [4.78, 5) is 32.9. The van der Waals surface area contributed by atoms with Crippen LogP contribution in [0.2, 0.25) is 0 Å². The number of esters is 1. The molecule has 1 amide bonds. The molecule has 0 atom stereocenters. The first-order valence-corrected chi connectivity index (χ1v) is 5.10. The van der Waals surface area contributed by atoms with Crippen LogP contribution in [-0.4, -0.2) is 31.5 Å². The lowest BCUT2D eigenvalue weighted by Gasteiger charge is -2.13. The molecule has 88 valence electrons. The maximum absolute atomic E-state index is 11.3. The number of hydrogen-bond acceptors (Lipinski definition) is 4. The first-order valence-electron chi connectivity index (χ1n) is 5.10. The Labute approximate surface area is 93.8 Å². The quantitative estimate of drug-likeness (QED) is 0.536. The van der Waals surface area contributed by atoms with Gasteiger partial charge < -0.3 is 10.1 Å². The third kappa shape index (κ3) is 2.94. The molecule has 1 aliphatic carbocycles. The molecule has 0 aromatic heterocycles. The number of carbonyl (C=O) groups excluding carboxylic acids is 3. The van der Waals surface area contributed by atoms with E-state index in [-0.39, 0.29) is 24.8 Å². The first-order chi connectivity index (χ1) is 7.54. The van der Waals surface area contributed by atoms with Crippen LogP contribution in [0.15, 0.2) is 5.57 Å². The fourth-order valence-corrected chi connectivity index (χ4v) is 1.43. The summed E-state index contributed by atoms with van der Waals surface area (Å²) in [6.07, 6.45) is 1.51. The van der Waals surface area contributed by atoms with Crippen LogP contribution in [0, 0.1) is 5.41 Å². The van der Waals surface area contributed by atoms with Crippen molar-refractivity contribution in [2.75, 3.05) is 13.7 Å². The summed E-state index contributed by atoms with van der Waals surface area (Å²) in [5, 5.41) is 2.63. The molecule has 1 fully saturated rings. The van der Waals surface area contributed by atoms with Crippen molar-refractivity contribution in [3.8, 4) is 0 Å². The zero-order valence-corrected chi connectivity index (χ0v) is 9.46. The summed E-state index contributed by atoms with van der Waals surface area (Å²) in [6.45, 7) is 1.82. The zero-order chi connectivity index (χ0) is 12.2. The molecule has 1 N–H and O–H groups in total. The minimum absolute atomic E-state index is 0.0285. The van der Waals surface area contributed by atoms with Gasteiger partial charge in [0.2, 0.25) is 5.91 Å². The number of methoxy groups -OCH3 is 1. The van der Waals surface area contributed by atoms with Crippen LogP contribution < -0.4 is 5.32 Å². The Morgan fingerprint density at radius 1 is 1.44 bits per heavy atom. The van der Waals surface area contributed by atoms with Gasteiger partial charge in [0.25, 0.3) is 0 Å². The highest BCUT2D eigenvalue weighted by atomic mass is 16.5. The van der Waals surface area contributed by atoms with E-state index in [0.717, 1.165) is 12.8 Å². The Hall–Kier alpha value is -1.61. The van der Waals surface area contributed by atoms with E-state index in [1.165, 1.54) is 7.11 Å². The predicted molar refractivity (Wildman–Crippen MR) is 56.2 cm³/mol. The highest BCUT2D eigenvalue weighted by Crippen LogP contribution is 2.45. The largest absolute Gasteiger partial charge is 0.469 e. The van der Waals surface area contributed by atoms with Gasteiger partial charge in [-0.25, -0.2) is 4.79 Å². The van der Waals surface area contributed by atoms with Gasteiger partial charge in [0, 0.05) is 12.1 Å². The number of nitrogens with one attached hydrogen (secondary N) is 1. The number of amides is 1. The standard InChI is InChI=1S/C11H15NO4/c1-8(6-13)5-9(14)12-7-11(3-4-11)10(15)16-2/h3-5,7H2,1-2H3,(H,12,14). The van der Waals surface area contributed by atoms with Gasteiger partial charge in [0.15, 0.2) is 0 Å². The summed E-state index contributed by atoms with van der Waals surface area (Å²) in [7, 11) is 1.34. The molecule has 5 nitrogen and oxygen atoms in total. The molecule has 5 heteroatoms. The van der Waals surface area contributed by atoms with Gasteiger partial charge in [-0.1, -0.05) is 0 Å². The van der Waals surface area contributed by atoms with Gasteiger partial charge in [0.05, 0.1) is 18.9 Å². The summed E-state index contributed by atoms with van der Waals surface area (Å²) >= 11 is 0. The van der Waals surface area contributed by atoms with Crippen LogP contribution >= 0.6 is 0 Å². The van der Waals surface area contributed by atoms with Crippen molar-refractivity contribution in [2.24, 2.45) is 5.41 Å². The molecular formula is C11H15NO4. The summed E-state index contributed by atoms with van der Waals surface area (Å²) in [6, 6.07) is 0. The molecule has 0 heterocycles. The minimum atomic E-state index is -0.525. The maximum atomic E-state index is 11.3. The Morgan fingerprint density at radius 3 is 2.50 bits per heavy atom. The van der Waals surface area contributed by atoms with Gasteiger partial charge in [-0.3, -0.25) is 9.59 Å². The molecule has 0 radical (unpaired) electrons. The van der Waals surface area contributed by atoms with Gasteiger partial charge in [0.1, 0.15) is 5.94 Å².